The molecule has 0 saturated carbocycles. The van der Waals surface area contributed by atoms with Gasteiger partial charge in [-0.3, -0.25) is 4.79 Å². The zero-order chi connectivity index (χ0) is 13.5. The Morgan fingerprint density at radius 2 is 2.22 bits per heavy atom. The van der Waals surface area contributed by atoms with Gasteiger partial charge in [-0.2, -0.15) is 0 Å². The molecular weight excluding hydrogens is 270 g/mol. The number of thiophene rings is 1. The first-order valence-electron chi connectivity index (χ1n) is 6.18. The Labute approximate surface area is 117 Å². The average Bonchev–Trinajstić information content (AvgIpc) is 2.72. The molecule has 18 heavy (non-hydrogen) atoms. The quantitative estimate of drug-likeness (QED) is 0.811. The Morgan fingerprint density at radius 1 is 1.50 bits per heavy atom. The smallest absolute Gasteiger partial charge is 0.220 e. The predicted octanol–water partition coefficient (Wildman–Crippen LogP) is 2.86. The summed E-state index contributed by atoms with van der Waals surface area (Å²) in [7, 11) is 0. The van der Waals surface area contributed by atoms with Crippen LogP contribution in [0.1, 0.15) is 31.6 Å². The van der Waals surface area contributed by atoms with Crippen LogP contribution in [0.25, 0.3) is 0 Å². The van der Waals surface area contributed by atoms with E-state index in [-0.39, 0.29) is 17.9 Å². The number of amides is 1. The van der Waals surface area contributed by atoms with Gasteiger partial charge in [0, 0.05) is 17.8 Å². The highest BCUT2D eigenvalue weighted by Crippen LogP contribution is 2.22. The molecule has 0 spiro atoms. The van der Waals surface area contributed by atoms with Gasteiger partial charge in [-0.15, -0.1) is 11.3 Å². The Morgan fingerprint density at radius 3 is 2.78 bits per heavy atom. The van der Waals surface area contributed by atoms with Crippen molar-refractivity contribution in [2.45, 2.75) is 39.2 Å². The molecule has 0 fully saturated rings. The number of hydrogen-bond acceptors (Lipinski definition) is 3. The van der Waals surface area contributed by atoms with Crippen molar-refractivity contribution >= 4 is 28.8 Å². The highest BCUT2D eigenvalue weighted by molar-refractivity contribution is 7.16. The second-order valence-electron chi connectivity index (χ2n) is 4.66. The molecule has 1 heterocycles. The summed E-state index contributed by atoms with van der Waals surface area (Å²) >= 11 is 7.32. The number of rotatable bonds is 7. The lowest BCUT2D eigenvalue weighted by Crippen LogP contribution is -2.28. The zero-order valence-electron chi connectivity index (χ0n) is 10.8. The topological polar surface area (TPSA) is 49.3 Å². The fourth-order valence-electron chi connectivity index (χ4n) is 1.50. The summed E-state index contributed by atoms with van der Waals surface area (Å²) in [4.78, 5) is 12.7. The number of carbonyl (C=O) groups is 1. The standard InChI is InChI=1S/C13H20ClNO2S/c1-9(2)11(16)7-8-15-13(17)6-4-10-3-5-12(14)18-10/h3,5,9,11,16H,4,6-8H2,1-2H3,(H,15,17). The summed E-state index contributed by atoms with van der Waals surface area (Å²) in [6.07, 6.45) is 1.44. The molecule has 0 aliphatic heterocycles. The molecule has 1 unspecified atom stereocenters. The van der Waals surface area contributed by atoms with E-state index in [4.69, 9.17) is 11.6 Å². The molecule has 0 saturated heterocycles. The van der Waals surface area contributed by atoms with Crippen LogP contribution in [0.5, 0.6) is 0 Å². The van der Waals surface area contributed by atoms with Gasteiger partial charge in [-0.05, 0) is 30.9 Å². The van der Waals surface area contributed by atoms with E-state index in [1.54, 1.807) is 0 Å². The minimum atomic E-state index is -0.346. The lowest BCUT2D eigenvalue weighted by Gasteiger charge is -2.14. The summed E-state index contributed by atoms with van der Waals surface area (Å²) in [5.74, 6) is 0.255. The van der Waals surface area contributed by atoms with Crippen LogP contribution in [0, 0.1) is 5.92 Å². The first-order chi connectivity index (χ1) is 8.49. The lowest BCUT2D eigenvalue weighted by atomic mass is 10.0. The van der Waals surface area contributed by atoms with Crippen molar-refractivity contribution in [3.8, 4) is 0 Å². The van der Waals surface area contributed by atoms with Gasteiger partial charge in [0.2, 0.25) is 5.91 Å². The van der Waals surface area contributed by atoms with Crippen molar-refractivity contribution in [2.75, 3.05) is 6.54 Å². The molecule has 1 amide bonds. The van der Waals surface area contributed by atoms with Crippen LogP contribution in [0.15, 0.2) is 12.1 Å². The number of carbonyl (C=O) groups excluding carboxylic acids is 1. The molecule has 1 atom stereocenters. The number of aryl methyl sites for hydroxylation is 1. The van der Waals surface area contributed by atoms with E-state index in [1.165, 1.54) is 11.3 Å². The van der Waals surface area contributed by atoms with Crippen molar-refractivity contribution < 1.29 is 9.90 Å². The average molecular weight is 290 g/mol. The Kier molecular flexibility index (Phi) is 6.68. The molecular formula is C13H20ClNO2S. The third kappa shape index (κ3) is 5.85. The van der Waals surface area contributed by atoms with Gasteiger partial charge in [-0.1, -0.05) is 25.4 Å². The molecule has 0 aliphatic rings. The molecule has 1 aromatic rings. The molecule has 0 aliphatic carbocycles. The van der Waals surface area contributed by atoms with Crippen LogP contribution in [-0.4, -0.2) is 23.7 Å². The third-order valence-electron chi connectivity index (χ3n) is 2.76. The van der Waals surface area contributed by atoms with Crippen LogP contribution in [0.4, 0.5) is 0 Å². The van der Waals surface area contributed by atoms with Gasteiger partial charge in [-0.25, -0.2) is 0 Å². The summed E-state index contributed by atoms with van der Waals surface area (Å²) in [6.45, 7) is 4.46. The minimum Gasteiger partial charge on any atom is -0.393 e. The van der Waals surface area contributed by atoms with Crippen molar-refractivity contribution in [1.82, 2.24) is 5.32 Å². The molecule has 0 bridgehead atoms. The maximum absolute atomic E-state index is 11.6. The Balaban J connectivity index is 2.14. The van der Waals surface area contributed by atoms with Gasteiger partial charge >= 0.3 is 0 Å². The molecule has 0 aromatic carbocycles. The molecule has 2 N–H and O–H groups in total. The summed E-state index contributed by atoms with van der Waals surface area (Å²) in [6, 6.07) is 3.79. The lowest BCUT2D eigenvalue weighted by molar-refractivity contribution is -0.121. The molecule has 102 valence electrons. The van der Waals surface area contributed by atoms with Crippen molar-refractivity contribution in [3.05, 3.63) is 21.3 Å². The highest BCUT2D eigenvalue weighted by atomic mass is 35.5. The first-order valence-corrected chi connectivity index (χ1v) is 7.37. The number of aliphatic hydroxyl groups excluding tert-OH is 1. The number of nitrogens with one attached hydrogen (secondary N) is 1. The van der Waals surface area contributed by atoms with E-state index in [0.717, 1.165) is 15.6 Å². The van der Waals surface area contributed by atoms with Crippen LogP contribution >= 0.6 is 22.9 Å². The monoisotopic (exact) mass is 289 g/mol. The highest BCUT2D eigenvalue weighted by Gasteiger charge is 2.09. The van der Waals surface area contributed by atoms with E-state index in [1.807, 2.05) is 26.0 Å². The van der Waals surface area contributed by atoms with Crippen molar-refractivity contribution in [2.24, 2.45) is 5.92 Å². The number of hydrogen-bond donors (Lipinski definition) is 2. The van der Waals surface area contributed by atoms with Crippen LogP contribution in [0.2, 0.25) is 4.34 Å². The van der Waals surface area contributed by atoms with E-state index >= 15 is 0 Å². The van der Waals surface area contributed by atoms with Gasteiger partial charge in [0.05, 0.1) is 10.4 Å². The first kappa shape index (κ1) is 15.5. The Hall–Kier alpha value is -0.580. The summed E-state index contributed by atoms with van der Waals surface area (Å²) in [5, 5.41) is 12.4. The van der Waals surface area contributed by atoms with Crippen LogP contribution < -0.4 is 5.32 Å². The normalized spacial score (nSPS) is 12.7. The van der Waals surface area contributed by atoms with E-state index in [0.29, 0.717) is 19.4 Å². The second-order valence-corrected chi connectivity index (χ2v) is 6.46. The van der Waals surface area contributed by atoms with Gasteiger partial charge in [0.15, 0.2) is 0 Å². The molecule has 1 rings (SSSR count). The number of halogens is 1. The second kappa shape index (κ2) is 7.77. The summed E-state index contributed by atoms with van der Waals surface area (Å²) in [5.41, 5.74) is 0. The SMILES string of the molecule is CC(C)C(O)CCNC(=O)CCc1ccc(Cl)s1. The fourth-order valence-corrected chi connectivity index (χ4v) is 2.59. The molecule has 1 aromatic heterocycles. The van der Waals surface area contributed by atoms with E-state index < -0.39 is 0 Å². The zero-order valence-corrected chi connectivity index (χ0v) is 12.4. The maximum Gasteiger partial charge on any atom is 0.220 e. The molecule has 0 radical (unpaired) electrons. The largest absolute Gasteiger partial charge is 0.393 e. The molecule has 5 heteroatoms. The van der Waals surface area contributed by atoms with E-state index in [2.05, 4.69) is 5.32 Å². The van der Waals surface area contributed by atoms with Gasteiger partial charge in [0.1, 0.15) is 0 Å². The minimum absolute atomic E-state index is 0.0236. The van der Waals surface area contributed by atoms with Crippen molar-refractivity contribution in [3.63, 3.8) is 0 Å². The number of aliphatic hydroxyl groups is 1. The van der Waals surface area contributed by atoms with Gasteiger partial charge < -0.3 is 10.4 Å². The maximum atomic E-state index is 11.6. The molecule has 3 nitrogen and oxygen atoms in total. The van der Waals surface area contributed by atoms with Crippen LogP contribution in [0.3, 0.4) is 0 Å². The summed E-state index contributed by atoms with van der Waals surface area (Å²) < 4.78 is 0.755. The van der Waals surface area contributed by atoms with Crippen LogP contribution in [-0.2, 0) is 11.2 Å². The van der Waals surface area contributed by atoms with Gasteiger partial charge in [0.25, 0.3) is 0 Å². The Bertz CT molecular complexity index is 379. The van der Waals surface area contributed by atoms with Crippen molar-refractivity contribution in [1.29, 1.82) is 0 Å². The third-order valence-corrected chi connectivity index (χ3v) is 4.05. The van der Waals surface area contributed by atoms with E-state index in [9.17, 15) is 9.90 Å². The predicted molar refractivity (Wildman–Crippen MR) is 76.1 cm³/mol. The fraction of sp³-hybridized carbons (Fsp3) is 0.615.